The van der Waals surface area contributed by atoms with E-state index in [1.165, 1.54) is 0 Å². The summed E-state index contributed by atoms with van der Waals surface area (Å²) in [5.41, 5.74) is 3.39. The lowest BCUT2D eigenvalue weighted by atomic mass is 9.81. The number of fused-ring (bicyclic) bond motifs is 2. The van der Waals surface area contributed by atoms with Gasteiger partial charge in [-0.15, -0.1) is 0 Å². The first-order chi connectivity index (χ1) is 29.9. The van der Waals surface area contributed by atoms with Gasteiger partial charge in [0.05, 0.1) is 11.3 Å². The van der Waals surface area contributed by atoms with Crippen LogP contribution in [0.2, 0.25) is 0 Å². The summed E-state index contributed by atoms with van der Waals surface area (Å²) >= 11 is 0. The van der Waals surface area contributed by atoms with E-state index in [0.717, 1.165) is 203 Å². The highest BCUT2D eigenvalue weighted by Gasteiger charge is 2.42. The molecule has 0 saturated carbocycles. The zero-order valence-corrected chi connectivity index (χ0v) is 37.6. The van der Waals surface area contributed by atoms with Gasteiger partial charge in [0.15, 0.2) is 0 Å². The third-order valence-corrected chi connectivity index (χ3v) is 14.5. The van der Waals surface area contributed by atoms with Crippen molar-refractivity contribution in [3.05, 3.63) is 64.7 Å². The number of unbranched alkanes of at least 4 members (excludes halogenated alkanes) is 12. The number of nitrogens with zero attached hydrogens (tertiary/aromatic N) is 3. The third kappa shape index (κ3) is 7.93. The molecular weight excluding hydrogens is 755 g/mol. The van der Waals surface area contributed by atoms with Gasteiger partial charge in [0.2, 0.25) is 0 Å². The van der Waals surface area contributed by atoms with Gasteiger partial charge in [-0.05, 0) is 95.1 Å². The number of hydrogen-bond donors (Lipinski definition) is 0. The van der Waals surface area contributed by atoms with Crippen LogP contribution >= 0.6 is 0 Å². The number of hydrogen-bond acceptors (Lipinski definition) is 5. The molecule has 0 spiro atoms. The molecule has 3 heterocycles. The number of anilines is 1. The minimum Gasteiger partial charge on any atom is -0.371 e. The topological polar surface area (TPSA) is 78.0 Å². The Morgan fingerprint density at radius 3 is 1.23 bits per heavy atom. The zero-order chi connectivity index (χ0) is 42.6. The first kappa shape index (κ1) is 43.1. The van der Waals surface area contributed by atoms with Crippen LogP contribution in [-0.4, -0.2) is 58.6 Å². The Labute approximate surface area is 363 Å². The molecule has 7 heteroatoms. The van der Waals surface area contributed by atoms with Crippen molar-refractivity contribution in [2.24, 2.45) is 0 Å². The van der Waals surface area contributed by atoms with E-state index in [1.807, 2.05) is 18.2 Å². The van der Waals surface area contributed by atoms with Gasteiger partial charge in [-0.3, -0.25) is 29.0 Å². The van der Waals surface area contributed by atoms with E-state index in [4.69, 9.17) is 0 Å². The Balaban J connectivity index is 1.27. The highest BCUT2D eigenvalue weighted by atomic mass is 16.2. The number of imide groups is 2. The first-order valence-electron chi connectivity index (χ1n) is 24.6. The van der Waals surface area contributed by atoms with E-state index in [0.29, 0.717) is 22.3 Å². The summed E-state index contributed by atoms with van der Waals surface area (Å²) in [5.74, 6) is -0.677. The van der Waals surface area contributed by atoms with Crippen molar-refractivity contribution in [1.29, 1.82) is 0 Å². The highest BCUT2D eigenvalue weighted by molar-refractivity contribution is 6.42. The average molecular weight is 824 g/mol. The molecule has 0 radical (unpaired) electrons. The fraction of sp³-hybridized carbons (Fsp3) is 0.556. The standard InChI is InChI=1S/C54H69N3O4/c1-5-9-13-17-23-36(24-18-14-10-6-2)56-51(58)41-30-27-38-39-28-32-43-49-47(39)44(40-29-31-42(52(56)59)48(41)46(38)40)35-45(55-33-21-22-34-55)50(49)54(61)57(53(43)60)37(25-19-15-11-7-3)26-20-16-12-8-4/h27-32,35-37H,5-26,33-34H2,1-4H3. The molecule has 61 heavy (non-hydrogen) atoms. The lowest BCUT2D eigenvalue weighted by Crippen LogP contribution is -2.47. The number of carbonyl (C=O) groups is 4. The van der Waals surface area contributed by atoms with Crippen LogP contribution in [0.25, 0.3) is 43.1 Å². The molecule has 0 atom stereocenters. The number of benzene rings is 5. The number of carbonyl (C=O) groups excluding carboxylic acids is 4. The van der Waals surface area contributed by atoms with Crippen LogP contribution in [0.4, 0.5) is 5.69 Å². The number of rotatable bonds is 23. The van der Waals surface area contributed by atoms with E-state index in [9.17, 15) is 14.4 Å². The van der Waals surface area contributed by atoms with Crippen molar-refractivity contribution in [2.45, 2.75) is 181 Å². The molecular formula is C54H69N3O4. The Morgan fingerprint density at radius 2 is 0.803 bits per heavy atom. The van der Waals surface area contributed by atoms with Crippen LogP contribution < -0.4 is 4.90 Å². The van der Waals surface area contributed by atoms with Gasteiger partial charge in [-0.2, -0.15) is 0 Å². The molecule has 4 amide bonds. The zero-order valence-electron chi connectivity index (χ0n) is 37.6. The van der Waals surface area contributed by atoms with E-state index >= 15 is 4.79 Å². The fourth-order valence-electron chi connectivity index (χ4n) is 11.3. The molecule has 3 aliphatic rings. The molecule has 0 N–H and O–H groups in total. The quantitative estimate of drug-likeness (QED) is 0.0284. The van der Waals surface area contributed by atoms with Crippen molar-refractivity contribution in [3.63, 3.8) is 0 Å². The van der Waals surface area contributed by atoms with Crippen molar-refractivity contribution in [3.8, 4) is 0 Å². The molecule has 8 rings (SSSR count). The molecule has 324 valence electrons. The lowest BCUT2D eigenvalue weighted by molar-refractivity contribution is 0.0501. The molecule has 5 aromatic carbocycles. The van der Waals surface area contributed by atoms with Crippen LogP contribution in [0.3, 0.4) is 0 Å². The van der Waals surface area contributed by atoms with Gasteiger partial charge >= 0.3 is 0 Å². The second-order valence-corrected chi connectivity index (χ2v) is 18.7. The third-order valence-electron chi connectivity index (χ3n) is 14.5. The van der Waals surface area contributed by atoms with E-state index < -0.39 is 0 Å². The van der Waals surface area contributed by atoms with Gasteiger partial charge in [0, 0.05) is 52.6 Å². The SMILES string of the molecule is CCCCCCC(CCCCCC)N1C(=O)c2ccc3c4ccc5c6c(c(N7CCCC7)cc(c7ccc(c2c37)C1=O)c64)C(=O)N(C(CCCCCC)CCCCCC)C5=O. The Hall–Kier alpha value is -4.52. The lowest BCUT2D eigenvalue weighted by Gasteiger charge is -2.37. The summed E-state index contributed by atoms with van der Waals surface area (Å²) < 4.78 is 0. The molecule has 1 saturated heterocycles. The largest absolute Gasteiger partial charge is 0.371 e. The monoisotopic (exact) mass is 824 g/mol. The summed E-state index contributed by atoms with van der Waals surface area (Å²) in [4.78, 5) is 65.3. The molecule has 7 nitrogen and oxygen atoms in total. The summed E-state index contributed by atoms with van der Waals surface area (Å²) in [6.07, 6.45) is 23.2. The Morgan fingerprint density at radius 1 is 0.426 bits per heavy atom. The van der Waals surface area contributed by atoms with Crippen LogP contribution in [0.5, 0.6) is 0 Å². The van der Waals surface area contributed by atoms with Gasteiger partial charge < -0.3 is 4.90 Å². The van der Waals surface area contributed by atoms with Crippen LogP contribution in [0.15, 0.2) is 42.5 Å². The predicted molar refractivity (Wildman–Crippen MR) is 253 cm³/mol. The van der Waals surface area contributed by atoms with Gasteiger partial charge in [-0.1, -0.05) is 149 Å². The summed E-state index contributed by atoms with van der Waals surface area (Å²) in [6, 6.07) is 14.0. The second-order valence-electron chi connectivity index (χ2n) is 18.7. The van der Waals surface area contributed by atoms with Crippen molar-refractivity contribution in [2.75, 3.05) is 18.0 Å². The maximum atomic E-state index is 15.3. The highest BCUT2D eigenvalue weighted by Crippen LogP contribution is 2.49. The minimum absolute atomic E-state index is 0.119. The predicted octanol–water partition coefficient (Wildman–Crippen LogP) is 14.1. The fourth-order valence-corrected chi connectivity index (χ4v) is 11.3. The average Bonchev–Trinajstić information content (AvgIpc) is 3.82. The molecule has 0 aromatic heterocycles. The summed E-state index contributed by atoms with van der Waals surface area (Å²) in [6.45, 7) is 10.6. The van der Waals surface area contributed by atoms with Gasteiger partial charge in [-0.25, -0.2) is 0 Å². The van der Waals surface area contributed by atoms with Gasteiger partial charge in [0.25, 0.3) is 23.6 Å². The minimum atomic E-state index is -0.179. The maximum absolute atomic E-state index is 15.3. The molecule has 1 fully saturated rings. The van der Waals surface area contributed by atoms with Crippen molar-refractivity contribution < 1.29 is 19.2 Å². The van der Waals surface area contributed by atoms with Crippen LogP contribution in [0.1, 0.15) is 210 Å². The molecule has 0 bridgehead atoms. The van der Waals surface area contributed by atoms with Crippen LogP contribution in [0, 0.1) is 0 Å². The molecule has 0 unspecified atom stereocenters. The van der Waals surface area contributed by atoms with E-state index in [1.54, 1.807) is 9.80 Å². The van der Waals surface area contributed by atoms with E-state index in [2.05, 4.69) is 56.9 Å². The molecule has 0 aliphatic carbocycles. The van der Waals surface area contributed by atoms with Crippen molar-refractivity contribution >= 4 is 72.4 Å². The van der Waals surface area contributed by atoms with E-state index in [-0.39, 0.29) is 35.7 Å². The molecule has 3 aliphatic heterocycles. The smallest absolute Gasteiger partial charge is 0.263 e. The molecule has 5 aromatic rings. The summed E-state index contributed by atoms with van der Waals surface area (Å²) in [7, 11) is 0. The Kier molecular flexibility index (Phi) is 13.6. The van der Waals surface area contributed by atoms with Crippen LogP contribution in [-0.2, 0) is 0 Å². The Bertz CT molecular complexity index is 2360. The summed E-state index contributed by atoms with van der Waals surface area (Å²) in [5, 5.41) is 7.22. The normalized spacial score (nSPS) is 15.6. The maximum Gasteiger partial charge on any atom is 0.263 e. The second kappa shape index (κ2) is 19.3. The van der Waals surface area contributed by atoms with Crippen molar-refractivity contribution in [1.82, 2.24) is 9.80 Å². The number of amides is 4. The van der Waals surface area contributed by atoms with Gasteiger partial charge in [0.1, 0.15) is 0 Å². The first-order valence-corrected chi connectivity index (χ1v) is 24.6.